The second kappa shape index (κ2) is 14.2. The molecule has 1 aromatic rings. The molecule has 186 valence electrons. The Labute approximate surface area is 203 Å². The van der Waals surface area contributed by atoms with Gasteiger partial charge in [0.05, 0.1) is 0 Å². The number of nitrogens with two attached hydrogens (primary N) is 1. The van der Waals surface area contributed by atoms with E-state index >= 15 is 0 Å². The van der Waals surface area contributed by atoms with Gasteiger partial charge in [-0.05, 0) is 63.1 Å². The van der Waals surface area contributed by atoms with Crippen molar-refractivity contribution in [2.45, 2.75) is 44.9 Å². The highest BCUT2D eigenvalue weighted by molar-refractivity contribution is 5.87. The predicted octanol–water partition coefficient (Wildman–Crippen LogP) is 3.80. The van der Waals surface area contributed by atoms with Crippen molar-refractivity contribution in [1.82, 2.24) is 15.1 Å². The number of hydrogen-bond acceptors (Lipinski definition) is 5. The molecule has 0 radical (unpaired) electrons. The summed E-state index contributed by atoms with van der Waals surface area (Å²) in [7, 11) is 5.83. The number of hydrogen-bond donors (Lipinski definition) is 4. The minimum atomic E-state index is -0.258. The SMILES string of the molecule is CNc1cc(C2=CC=C(N(CCCCCCC(N)=O)C(=O)NCCN(C)C)CC2)ccc1C=N. The Bertz CT molecular complexity index is 907. The molecule has 0 saturated heterocycles. The van der Waals surface area contributed by atoms with Crippen molar-refractivity contribution < 1.29 is 9.59 Å². The predicted molar refractivity (Wildman–Crippen MR) is 140 cm³/mol. The van der Waals surface area contributed by atoms with E-state index in [4.69, 9.17) is 11.1 Å². The van der Waals surface area contributed by atoms with Crippen molar-refractivity contribution in [2.24, 2.45) is 5.73 Å². The normalized spacial score (nSPS) is 13.2. The van der Waals surface area contributed by atoms with E-state index in [1.807, 2.05) is 43.1 Å². The Morgan fingerprint density at radius 2 is 1.85 bits per heavy atom. The maximum Gasteiger partial charge on any atom is 0.321 e. The number of unbranched alkanes of at least 4 members (excludes halogenated alkanes) is 3. The number of carbonyl (C=O) groups excluding carboxylic acids is 2. The lowest BCUT2D eigenvalue weighted by Gasteiger charge is -2.28. The zero-order valence-corrected chi connectivity index (χ0v) is 20.8. The molecule has 1 aromatic carbocycles. The maximum absolute atomic E-state index is 13.0. The third kappa shape index (κ3) is 8.67. The number of rotatable bonds is 14. The van der Waals surface area contributed by atoms with Crippen LogP contribution in [0.15, 0.2) is 36.0 Å². The molecule has 1 aliphatic rings. The van der Waals surface area contributed by atoms with Crippen LogP contribution in [0.2, 0.25) is 0 Å². The molecule has 34 heavy (non-hydrogen) atoms. The summed E-state index contributed by atoms with van der Waals surface area (Å²) in [6, 6.07) is 6.01. The number of amides is 3. The molecule has 1 aliphatic carbocycles. The van der Waals surface area contributed by atoms with Crippen LogP contribution in [-0.4, -0.2) is 68.7 Å². The molecular formula is C26H40N6O2. The van der Waals surface area contributed by atoms with Gasteiger partial charge in [0.2, 0.25) is 5.91 Å². The van der Waals surface area contributed by atoms with Crippen LogP contribution in [0.4, 0.5) is 10.5 Å². The molecule has 8 nitrogen and oxygen atoms in total. The van der Waals surface area contributed by atoms with E-state index in [1.54, 1.807) is 0 Å². The fourth-order valence-electron chi connectivity index (χ4n) is 3.97. The summed E-state index contributed by atoms with van der Waals surface area (Å²) in [6.45, 7) is 2.04. The van der Waals surface area contributed by atoms with Gasteiger partial charge in [-0.15, -0.1) is 0 Å². The van der Waals surface area contributed by atoms with Gasteiger partial charge >= 0.3 is 6.03 Å². The number of allylic oxidation sites excluding steroid dienone is 4. The first-order valence-electron chi connectivity index (χ1n) is 12.1. The van der Waals surface area contributed by atoms with Crippen LogP contribution >= 0.6 is 0 Å². The average molecular weight is 469 g/mol. The van der Waals surface area contributed by atoms with Gasteiger partial charge in [0.15, 0.2) is 0 Å². The van der Waals surface area contributed by atoms with E-state index in [0.29, 0.717) is 19.5 Å². The third-order valence-electron chi connectivity index (χ3n) is 5.96. The maximum atomic E-state index is 13.0. The lowest BCUT2D eigenvalue weighted by molar-refractivity contribution is -0.118. The van der Waals surface area contributed by atoms with E-state index in [-0.39, 0.29) is 11.9 Å². The summed E-state index contributed by atoms with van der Waals surface area (Å²) in [5, 5.41) is 13.7. The Hall–Kier alpha value is -3.13. The van der Waals surface area contributed by atoms with Gasteiger partial charge < -0.3 is 26.7 Å². The molecule has 8 heteroatoms. The standard InChI is InChI=1S/C26H40N6O2/c1-29-24-18-21(9-10-22(24)19-27)20-11-13-23(14-12-20)32(26(34)30-15-17-31(2)3)16-7-5-4-6-8-25(28)33/h9-11,13,18-19,27,29H,4-8,12,14-17H2,1-3H3,(H2,28,33)(H,30,34). The van der Waals surface area contributed by atoms with Gasteiger partial charge in [-0.1, -0.05) is 31.1 Å². The van der Waals surface area contributed by atoms with Gasteiger partial charge in [-0.2, -0.15) is 0 Å². The second-order valence-corrected chi connectivity index (χ2v) is 8.86. The number of likely N-dealkylation sites (N-methyl/N-ethyl adjacent to an activating group) is 1. The molecule has 0 heterocycles. The summed E-state index contributed by atoms with van der Waals surface area (Å²) in [5.74, 6) is -0.258. The fraction of sp³-hybridized carbons (Fsp3) is 0.500. The van der Waals surface area contributed by atoms with Gasteiger partial charge in [-0.3, -0.25) is 9.69 Å². The van der Waals surface area contributed by atoms with Crippen molar-refractivity contribution >= 4 is 29.4 Å². The van der Waals surface area contributed by atoms with Crippen LogP contribution in [0, 0.1) is 5.41 Å². The summed E-state index contributed by atoms with van der Waals surface area (Å²) in [5.41, 5.74) is 10.4. The first-order chi connectivity index (χ1) is 16.3. The van der Waals surface area contributed by atoms with Crippen molar-refractivity contribution in [1.29, 1.82) is 5.41 Å². The highest BCUT2D eigenvalue weighted by Crippen LogP contribution is 2.30. The Morgan fingerprint density at radius 1 is 1.09 bits per heavy atom. The number of benzene rings is 1. The molecule has 5 N–H and O–H groups in total. The smallest absolute Gasteiger partial charge is 0.321 e. The molecule has 3 amide bonds. The van der Waals surface area contributed by atoms with Crippen LogP contribution < -0.4 is 16.4 Å². The second-order valence-electron chi connectivity index (χ2n) is 8.86. The Balaban J connectivity index is 2.09. The molecule has 0 unspecified atom stereocenters. The molecular weight excluding hydrogens is 428 g/mol. The van der Waals surface area contributed by atoms with Crippen molar-refractivity contribution in [3.05, 3.63) is 47.2 Å². The lowest BCUT2D eigenvalue weighted by atomic mass is 9.94. The summed E-state index contributed by atoms with van der Waals surface area (Å²) >= 11 is 0. The minimum Gasteiger partial charge on any atom is -0.388 e. The van der Waals surface area contributed by atoms with Crippen LogP contribution in [-0.2, 0) is 4.79 Å². The van der Waals surface area contributed by atoms with Crippen molar-refractivity contribution in [3.8, 4) is 0 Å². The summed E-state index contributed by atoms with van der Waals surface area (Å²) in [4.78, 5) is 27.8. The number of nitrogens with one attached hydrogen (secondary N) is 3. The third-order valence-corrected chi connectivity index (χ3v) is 5.96. The average Bonchev–Trinajstić information content (AvgIpc) is 2.82. The quantitative estimate of drug-likeness (QED) is 0.246. The van der Waals surface area contributed by atoms with E-state index in [0.717, 1.165) is 67.6 Å². The summed E-state index contributed by atoms with van der Waals surface area (Å²) in [6.07, 6.45) is 11.1. The van der Waals surface area contributed by atoms with E-state index in [2.05, 4.69) is 28.9 Å². The highest BCUT2D eigenvalue weighted by Gasteiger charge is 2.20. The van der Waals surface area contributed by atoms with Gasteiger partial charge in [0.25, 0.3) is 0 Å². The van der Waals surface area contributed by atoms with E-state index in [9.17, 15) is 9.59 Å². The Morgan fingerprint density at radius 3 is 2.47 bits per heavy atom. The fourth-order valence-corrected chi connectivity index (χ4v) is 3.97. The molecule has 0 fully saturated rings. The zero-order chi connectivity index (χ0) is 24.9. The van der Waals surface area contributed by atoms with Crippen molar-refractivity contribution in [3.63, 3.8) is 0 Å². The van der Waals surface area contributed by atoms with Crippen molar-refractivity contribution in [2.75, 3.05) is 46.1 Å². The van der Waals surface area contributed by atoms with Gasteiger partial charge in [-0.25, -0.2) is 4.79 Å². The van der Waals surface area contributed by atoms with Crippen LogP contribution in [0.25, 0.3) is 5.57 Å². The largest absolute Gasteiger partial charge is 0.388 e. The number of nitrogens with zero attached hydrogens (tertiary/aromatic N) is 2. The molecule has 0 spiro atoms. The van der Waals surface area contributed by atoms with Crippen LogP contribution in [0.5, 0.6) is 0 Å². The monoisotopic (exact) mass is 468 g/mol. The number of primary amides is 1. The summed E-state index contributed by atoms with van der Waals surface area (Å²) < 4.78 is 0. The number of anilines is 1. The molecule has 2 rings (SSSR count). The molecule has 0 aliphatic heterocycles. The molecule has 0 saturated carbocycles. The first-order valence-corrected chi connectivity index (χ1v) is 12.1. The van der Waals surface area contributed by atoms with Gasteiger partial charge in [0, 0.05) is 56.3 Å². The minimum absolute atomic E-state index is 0.0603. The zero-order valence-electron chi connectivity index (χ0n) is 20.8. The van der Waals surface area contributed by atoms with Crippen LogP contribution in [0.3, 0.4) is 0 Å². The molecule has 0 bridgehead atoms. The van der Waals surface area contributed by atoms with E-state index < -0.39 is 0 Å². The van der Waals surface area contributed by atoms with E-state index in [1.165, 1.54) is 11.8 Å². The Kier molecular flexibility index (Phi) is 11.3. The lowest BCUT2D eigenvalue weighted by Crippen LogP contribution is -2.42. The molecule has 0 aromatic heterocycles. The molecule has 0 atom stereocenters. The first kappa shape index (κ1) is 27.1. The highest BCUT2D eigenvalue weighted by atomic mass is 16.2. The number of carbonyl (C=O) groups is 2. The van der Waals surface area contributed by atoms with Crippen LogP contribution in [0.1, 0.15) is 56.1 Å². The van der Waals surface area contributed by atoms with Gasteiger partial charge in [0.1, 0.15) is 0 Å². The topological polar surface area (TPSA) is 115 Å². The number of urea groups is 1.